The van der Waals surface area contributed by atoms with Gasteiger partial charge in [-0.3, -0.25) is 19.3 Å². The Morgan fingerprint density at radius 3 is 2.20 bits per heavy atom. The van der Waals surface area contributed by atoms with Crippen molar-refractivity contribution in [1.82, 2.24) is 4.90 Å². The Balaban J connectivity index is 1.57. The van der Waals surface area contributed by atoms with E-state index in [1.54, 1.807) is 48.5 Å². The molecule has 0 aliphatic carbocycles. The highest BCUT2D eigenvalue weighted by atomic mass is 16.6. The number of benzene rings is 4. The number of imide groups is 1. The predicted octanol–water partition coefficient (Wildman–Crippen LogP) is 5.24. The summed E-state index contributed by atoms with van der Waals surface area (Å²) in [6.45, 7) is 3.05. The molecule has 12 heteroatoms. The molecule has 2 amide bonds. The van der Waals surface area contributed by atoms with Gasteiger partial charge in [-0.05, 0) is 28.8 Å². The molecule has 12 nitrogen and oxygen atoms in total. The molecule has 0 saturated carbocycles. The highest BCUT2D eigenvalue weighted by Gasteiger charge is 2.76. The Morgan fingerprint density at radius 2 is 1.50 bits per heavy atom. The van der Waals surface area contributed by atoms with Crippen LogP contribution in [0.2, 0.25) is 0 Å². The normalized spacial score (nSPS) is 24.4. The van der Waals surface area contributed by atoms with E-state index in [4.69, 9.17) is 23.7 Å². The van der Waals surface area contributed by atoms with Crippen LogP contribution in [-0.2, 0) is 38.7 Å². The van der Waals surface area contributed by atoms with Crippen LogP contribution < -0.4 is 9.64 Å². The number of nitrogens with zero attached hydrogens (tertiary/aromatic N) is 2. The number of cyclic esters (lactones) is 1. The predicted molar refractivity (Wildman–Crippen MR) is 195 cm³/mol. The van der Waals surface area contributed by atoms with Crippen LogP contribution in [0.5, 0.6) is 5.75 Å². The molecule has 4 aromatic rings. The highest BCUT2D eigenvalue weighted by Crippen LogP contribution is 2.66. The summed E-state index contributed by atoms with van der Waals surface area (Å²) < 4.78 is 28.9. The number of ether oxygens (including phenoxy) is 5. The van der Waals surface area contributed by atoms with Gasteiger partial charge in [0.05, 0.1) is 31.0 Å². The van der Waals surface area contributed by atoms with Crippen molar-refractivity contribution in [3.05, 3.63) is 144 Å². The van der Waals surface area contributed by atoms with Gasteiger partial charge in [0.2, 0.25) is 5.91 Å². The first-order valence-corrected chi connectivity index (χ1v) is 17.7. The van der Waals surface area contributed by atoms with Gasteiger partial charge in [0.1, 0.15) is 49.0 Å². The number of rotatable bonds is 12. The summed E-state index contributed by atoms with van der Waals surface area (Å²) in [5.41, 5.74) is 0.383. The maximum atomic E-state index is 15.7. The number of anilines is 1. The van der Waals surface area contributed by atoms with Crippen LogP contribution in [-0.4, -0.2) is 80.1 Å². The number of aliphatic hydroxyl groups excluding tert-OH is 1. The zero-order valence-electron chi connectivity index (χ0n) is 29.6. The number of morpholine rings is 1. The Labute approximate surface area is 312 Å². The fourth-order valence-electron chi connectivity index (χ4n) is 8.28. The van der Waals surface area contributed by atoms with Crippen molar-refractivity contribution >= 4 is 29.6 Å². The summed E-state index contributed by atoms with van der Waals surface area (Å²) in [5, 5.41) is 9.83. The second-order valence-corrected chi connectivity index (χ2v) is 13.1. The molecule has 1 N–H and O–H groups in total. The monoisotopic (exact) mass is 732 g/mol. The number of fused-ring (bicyclic) bond motifs is 3. The molecule has 0 aromatic heterocycles. The third kappa shape index (κ3) is 6.02. The minimum Gasteiger partial charge on any atom is -0.491 e. The molecule has 7 rings (SSSR count). The summed E-state index contributed by atoms with van der Waals surface area (Å²) in [5.74, 6) is -3.64. The fourth-order valence-corrected chi connectivity index (χ4v) is 8.28. The van der Waals surface area contributed by atoms with Crippen LogP contribution >= 0.6 is 0 Å². The fraction of sp³-hybridized carbons (Fsp3) is 0.286. The lowest BCUT2D eigenvalue weighted by Gasteiger charge is -2.46. The zero-order chi connectivity index (χ0) is 37.8. The molecule has 54 heavy (non-hydrogen) atoms. The van der Waals surface area contributed by atoms with E-state index in [1.807, 2.05) is 65.6 Å². The molecule has 3 aliphatic rings. The van der Waals surface area contributed by atoms with E-state index in [0.29, 0.717) is 22.4 Å². The van der Waals surface area contributed by atoms with Crippen LogP contribution in [0.25, 0.3) is 0 Å². The van der Waals surface area contributed by atoms with Crippen molar-refractivity contribution in [2.24, 2.45) is 5.92 Å². The Kier molecular flexibility index (Phi) is 10.6. The van der Waals surface area contributed by atoms with Crippen molar-refractivity contribution in [2.75, 3.05) is 45.0 Å². The smallest absolute Gasteiger partial charge is 0.421 e. The lowest BCUT2D eigenvalue weighted by molar-refractivity contribution is -0.180. The quantitative estimate of drug-likeness (QED) is 0.0886. The van der Waals surface area contributed by atoms with Crippen LogP contribution in [0.1, 0.15) is 40.4 Å². The topological polar surface area (TPSA) is 141 Å². The molecule has 278 valence electrons. The maximum Gasteiger partial charge on any atom is 0.421 e. The third-order valence-corrected chi connectivity index (χ3v) is 10.2. The first-order valence-electron chi connectivity index (χ1n) is 17.7. The van der Waals surface area contributed by atoms with Crippen molar-refractivity contribution in [2.45, 2.75) is 29.6 Å². The maximum absolute atomic E-state index is 15.7. The van der Waals surface area contributed by atoms with Crippen LogP contribution in [0, 0.1) is 5.92 Å². The van der Waals surface area contributed by atoms with Crippen LogP contribution in [0.3, 0.4) is 0 Å². The average Bonchev–Trinajstić information content (AvgIpc) is 3.66. The second kappa shape index (κ2) is 15.7. The van der Waals surface area contributed by atoms with Crippen molar-refractivity contribution in [1.29, 1.82) is 0 Å². The highest BCUT2D eigenvalue weighted by molar-refractivity contribution is 6.23. The summed E-state index contributed by atoms with van der Waals surface area (Å²) in [4.78, 5) is 62.1. The molecule has 0 unspecified atom stereocenters. The molecule has 0 radical (unpaired) electrons. The van der Waals surface area contributed by atoms with Gasteiger partial charge >= 0.3 is 18.0 Å². The first kappa shape index (κ1) is 36.5. The van der Waals surface area contributed by atoms with E-state index in [2.05, 4.69) is 6.58 Å². The number of carbonyl (C=O) groups is 4. The molecular formula is C42H40N2O10. The molecule has 0 bridgehead atoms. The van der Waals surface area contributed by atoms with E-state index in [-0.39, 0.29) is 38.7 Å². The average molecular weight is 733 g/mol. The van der Waals surface area contributed by atoms with E-state index in [1.165, 1.54) is 13.2 Å². The minimum atomic E-state index is -1.99. The molecule has 4 aromatic carbocycles. The first-order chi connectivity index (χ1) is 26.4. The summed E-state index contributed by atoms with van der Waals surface area (Å²) >= 11 is 0. The number of amides is 2. The number of hydrogen-bond acceptors (Lipinski definition) is 11. The van der Waals surface area contributed by atoms with E-state index < -0.39 is 59.5 Å². The molecule has 3 aliphatic heterocycles. The molecule has 6 atom stereocenters. The van der Waals surface area contributed by atoms with Gasteiger partial charge in [-0.1, -0.05) is 110 Å². The summed E-state index contributed by atoms with van der Waals surface area (Å²) in [6.07, 6.45) is -0.474. The molecule has 1 spiro atoms. The van der Waals surface area contributed by atoms with Crippen molar-refractivity contribution in [3.63, 3.8) is 0 Å². The zero-order valence-corrected chi connectivity index (χ0v) is 29.6. The number of hydrogen-bond donors (Lipinski definition) is 1. The largest absolute Gasteiger partial charge is 0.491 e. The van der Waals surface area contributed by atoms with Gasteiger partial charge in [0.15, 0.2) is 0 Å². The molecular weight excluding hydrogens is 692 g/mol. The number of para-hydroxylation sites is 2. The lowest BCUT2D eigenvalue weighted by Crippen LogP contribution is -2.53. The Bertz CT molecular complexity index is 2020. The Morgan fingerprint density at radius 1 is 0.833 bits per heavy atom. The van der Waals surface area contributed by atoms with Gasteiger partial charge < -0.3 is 28.8 Å². The standard InChI is InChI=1S/C42H40N2O10/c1-3-23-52-38(46)33-35-39(47)54-36(28-16-8-5-9-17-28)34(27-14-6-4-7-15-27)44(35)37(29-18-10-13-21-32(29)51-24-22-45)42(33)30-19-11-12-20-31(30)43(40(42)48)41(49)53-26-25-50-2/h3-21,33-37,45H,1,22-26H2,2H3/t33-,34-,35-,36+,37+,42-/m1/s1. The third-order valence-electron chi connectivity index (χ3n) is 10.2. The SMILES string of the molecule is C=CCOC(=O)[C@H]1[C@@H]2C(=O)O[C@@H](c3ccccc3)[C@@H](c3ccccc3)N2[C@@H](c2ccccc2OCCO)[C@]12C(=O)N(C(=O)OCCOC)c1ccccc12. The van der Waals surface area contributed by atoms with Crippen LogP contribution in [0.4, 0.5) is 10.5 Å². The molecule has 3 heterocycles. The van der Waals surface area contributed by atoms with Gasteiger partial charge in [0.25, 0.3) is 0 Å². The summed E-state index contributed by atoms with van der Waals surface area (Å²) in [6, 6.07) is 29.0. The van der Waals surface area contributed by atoms with Gasteiger partial charge in [-0.15, -0.1) is 0 Å². The van der Waals surface area contributed by atoms with Gasteiger partial charge in [-0.25, -0.2) is 9.69 Å². The van der Waals surface area contributed by atoms with Gasteiger partial charge in [-0.2, -0.15) is 0 Å². The number of esters is 2. The number of methoxy groups -OCH3 is 1. The molecule has 2 saturated heterocycles. The van der Waals surface area contributed by atoms with Gasteiger partial charge in [0, 0.05) is 12.7 Å². The van der Waals surface area contributed by atoms with Crippen molar-refractivity contribution < 1.29 is 48.0 Å². The minimum absolute atomic E-state index is 0.0791. The van der Waals surface area contributed by atoms with Crippen LogP contribution in [0.15, 0.2) is 122 Å². The summed E-state index contributed by atoms with van der Waals surface area (Å²) in [7, 11) is 1.46. The second-order valence-electron chi connectivity index (χ2n) is 13.1. The van der Waals surface area contributed by atoms with Crippen molar-refractivity contribution in [3.8, 4) is 5.75 Å². The molecule has 2 fully saturated rings. The number of carbonyl (C=O) groups excluding carboxylic acids is 4. The lowest BCUT2D eigenvalue weighted by atomic mass is 9.65. The van der Waals surface area contributed by atoms with E-state index >= 15 is 4.79 Å². The Hall–Kier alpha value is -5.82. The van der Waals surface area contributed by atoms with E-state index in [9.17, 15) is 19.5 Å². The van der Waals surface area contributed by atoms with E-state index in [0.717, 1.165) is 10.5 Å². The number of aliphatic hydroxyl groups is 1.